The standard InChI is InChI=1S/C14H23N5O/c1-5-18-12-11(9(2)17-18)16-13(15)19(12)10-6-7-20-14(3,4)8-10/h10H,5-8H2,1-4H3,(H2,15,16). The third-order valence-corrected chi connectivity index (χ3v) is 4.11. The lowest BCUT2D eigenvalue weighted by molar-refractivity contribution is -0.0683. The molecule has 0 aliphatic carbocycles. The van der Waals surface area contributed by atoms with E-state index < -0.39 is 0 Å². The first-order chi connectivity index (χ1) is 9.43. The van der Waals surface area contributed by atoms with Crippen LogP contribution in [0.3, 0.4) is 0 Å². The second-order valence-corrected chi connectivity index (χ2v) is 6.17. The predicted octanol–water partition coefficient (Wildman–Crippen LogP) is 2.27. The zero-order chi connectivity index (χ0) is 14.5. The minimum Gasteiger partial charge on any atom is -0.375 e. The van der Waals surface area contributed by atoms with E-state index in [1.807, 2.05) is 11.6 Å². The van der Waals surface area contributed by atoms with Crippen LogP contribution in [0.4, 0.5) is 5.95 Å². The number of nitrogen functional groups attached to an aromatic ring is 1. The summed E-state index contributed by atoms with van der Waals surface area (Å²) in [6, 6.07) is 0.324. The number of anilines is 1. The number of fused-ring (bicyclic) bond motifs is 1. The van der Waals surface area contributed by atoms with Gasteiger partial charge in [0.05, 0.1) is 11.3 Å². The SMILES string of the molecule is CCn1nc(C)c2nc(N)n(C3CCOC(C)(C)C3)c21. The summed E-state index contributed by atoms with van der Waals surface area (Å²) in [5.74, 6) is 0.588. The lowest BCUT2D eigenvalue weighted by atomic mass is 9.94. The highest BCUT2D eigenvalue weighted by Gasteiger charge is 2.32. The number of ether oxygens (including phenoxy) is 1. The van der Waals surface area contributed by atoms with Gasteiger partial charge in [-0.1, -0.05) is 0 Å². The smallest absolute Gasteiger partial charge is 0.202 e. The van der Waals surface area contributed by atoms with Gasteiger partial charge in [-0.25, -0.2) is 9.67 Å². The van der Waals surface area contributed by atoms with Crippen LogP contribution in [0.5, 0.6) is 0 Å². The van der Waals surface area contributed by atoms with Crippen molar-refractivity contribution in [2.24, 2.45) is 0 Å². The summed E-state index contributed by atoms with van der Waals surface area (Å²) < 4.78 is 9.96. The minimum absolute atomic E-state index is 0.113. The van der Waals surface area contributed by atoms with Crippen LogP contribution in [0.15, 0.2) is 0 Å². The zero-order valence-corrected chi connectivity index (χ0v) is 12.7. The summed E-state index contributed by atoms with van der Waals surface area (Å²) in [5, 5.41) is 4.55. The first-order valence-electron chi connectivity index (χ1n) is 7.27. The monoisotopic (exact) mass is 277 g/mol. The van der Waals surface area contributed by atoms with Crippen LogP contribution < -0.4 is 5.73 Å². The van der Waals surface area contributed by atoms with E-state index >= 15 is 0 Å². The van der Waals surface area contributed by atoms with Gasteiger partial charge in [0, 0.05) is 19.2 Å². The Morgan fingerprint density at radius 3 is 2.85 bits per heavy atom. The molecule has 20 heavy (non-hydrogen) atoms. The third kappa shape index (κ3) is 1.98. The maximum atomic E-state index is 6.18. The lowest BCUT2D eigenvalue weighted by Crippen LogP contribution is -2.35. The zero-order valence-electron chi connectivity index (χ0n) is 12.7. The minimum atomic E-state index is -0.113. The highest BCUT2D eigenvalue weighted by atomic mass is 16.5. The Morgan fingerprint density at radius 2 is 2.20 bits per heavy atom. The van der Waals surface area contributed by atoms with Gasteiger partial charge in [0.2, 0.25) is 5.95 Å². The number of rotatable bonds is 2. The van der Waals surface area contributed by atoms with Crippen LogP contribution in [0.25, 0.3) is 11.2 Å². The third-order valence-electron chi connectivity index (χ3n) is 4.11. The molecule has 1 unspecified atom stereocenters. The molecule has 2 aromatic rings. The van der Waals surface area contributed by atoms with E-state index in [0.717, 1.165) is 42.9 Å². The van der Waals surface area contributed by atoms with Gasteiger partial charge in [-0.2, -0.15) is 5.10 Å². The van der Waals surface area contributed by atoms with Gasteiger partial charge in [0.25, 0.3) is 0 Å². The molecule has 1 atom stereocenters. The van der Waals surface area contributed by atoms with Crippen molar-refractivity contribution in [1.82, 2.24) is 19.3 Å². The molecule has 2 N–H and O–H groups in total. The van der Waals surface area contributed by atoms with E-state index in [-0.39, 0.29) is 5.60 Å². The molecule has 1 aliphatic heterocycles. The second kappa shape index (κ2) is 4.48. The van der Waals surface area contributed by atoms with Crippen molar-refractivity contribution in [1.29, 1.82) is 0 Å². The number of hydrogen-bond acceptors (Lipinski definition) is 4. The van der Waals surface area contributed by atoms with Gasteiger partial charge in [0.1, 0.15) is 5.52 Å². The Kier molecular flexibility index (Phi) is 3.01. The van der Waals surface area contributed by atoms with Crippen LogP contribution in [0, 0.1) is 6.92 Å². The Balaban J connectivity index is 2.13. The highest BCUT2D eigenvalue weighted by Crippen LogP contribution is 2.36. The molecule has 3 heterocycles. The number of hydrogen-bond donors (Lipinski definition) is 1. The van der Waals surface area contributed by atoms with Gasteiger partial charge < -0.3 is 10.5 Å². The van der Waals surface area contributed by atoms with Crippen LogP contribution in [-0.2, 0) is 11.3 Å². The Labute approximate surface area is 118 Å². The number of aryl methyl sites for hydroxylation is 2. The van der Waals surface area contributed by atoms with Crippen molar-refractivity contribution in [3.63, 3.8) is 0 Å². The van der Waals surface area contributed by atoms with E-state index in [4.69, 9.17) is 10.5 Å². The van der Waals surface area contributed by atoms with E-state index in [9.17, 15) is 0 Å². The fourth-order valence-corrected chi connectivity index (χ4v) is 3.21. The largest absolute Gasteiger partial charge is 0.375 e. The normalized spacial score (nSPS) is 22.5. The molecular weight excluding hydrogens is 254 g/mol. The fraction of sp³-hybridized carbons (Fsp3) is 0.714. The van der Waals surface area contributed by atoms with Crippen LogP contribution in [0.2, 0.25) is 0 Å². The summed E-state index contributed by atoms with van der Waals surface area (Å²) in [5.41, 5.74) is 8.98. The van der Waals surface area contributed by atoms with E-state index in [2.05, 4.69) is 35.4 Å². The fourth-order valence-electron chi connectivity index (χ4n) is 3.21. The Morgan fingerprint density at radius 1 is 1.45 bits per heavy atom. The summed E-state index contributed by atoms with van der Waals surface area (Å²) in [4.78, 5) is 4.52. The first kappa shape index (κ1) is 13.4. The van der Waals surface area contributed by atoms with Gasteiger partial charge >= 0.3 is 0 Å². The molecular formula is C14H23N5O. The van der Waals surface area contributed by atoms with Crippen LogP contribution >= 0.6 is 0 Å². The van der Waals surface area contributed by atoms with E-state index in [1.165, 1.54) is 0 Å². The molecule has 110 valence electrons. The summed E-state index contributed by atoms with van der Waals surface area (Å²) in [6.45, 7) is 9.92. The molecule has 3 rings (SSSR count). The molecule has 1 aliphatic rings. The second-order valence-electron chi connectivity index (χ2n) is 6.17. The summed E-state index contributed by atoms with van der Waals surface area (Å²) in [7, 11) is 0. The summed E-state index contributed by atoms with van der Waals surface area (Å²) in [6.07, 6.45) is 1.91. The molecule has 0 saturated carbocycles. The highest BCUT2D eigenvalue weighted by molar-refractivity contribution is 5.77. The molecule has 0 bridgehead atoms. The lowest BCUT2D eigenvalue weighted by Gasteiger charge is -2.36. The van der Waals surface area contributed by atoms with Crippen molar-refractivity contribution < 1.29 is 4.74 Å². The molecule has 1 fully saturated rings. The average Bonchev–Trinajstić information content (AvgIpc) is 2.85. The number of imidazole rings is 1. The Hall–Kier alpha value is -1.56. The number of aromatic nitrogens is 4. The van der Waals surface area contributed by atoms with E-state index in [1.54, 1.807) is 0 Å². The predicted molar refractivity (Wildman–Crippen MR) is 78.6 cm³/mol. The van der Waals surface area contributed by atoms with Crippen molar-refractivity contribution in [3.05, 3.63) is 5.69 Å². The van der Waals surface area contributed by atoms with Gasteiger partial charge in [0.15, 0.2) is 5.65 Å². The topological polar surface area (TPSA) is 70.9 Å². The van der Waals surface area contributed by atoms with Crippen molar-refractivity contribution >= 4 is 17.1 Å². The van der Waals surface area contributed by atoms with Crippen LogP contribution in [-0.4, -0.2) is 31.5 Å². The maximum Gasteiger partial charge on any atom is 0.202 e. The molecule has 1 saturated heterocycles. The number of nitrogens with two attached hydrogens (primary N) is 1. The van der Waals surface area contributed by atoms with Gasteiger partial charge in [-0.15, -0.1) is 0 Å². The molecule has 0 radical (unpaired) electrons. The van der Waals surface area contributed by atoms with Crippen molar-refractivity contribution in [3.8, 4) is 0 Å². The molecule has 0 aromatic carbocycles. The number of nitrogens with zero attached hydrogens (tertiary/aromatic N) is 4. The Bertz CT molecular complexity index is 640. The first-order valence-corrected chi connectivity index (χ1v) is 7.27. The molecule has 6 nitrogen and oxygen atoms in total. The van der Waals surface area contributed by atoms with Gasteiger partial charge in [-0.3, -0.25) is 4.57 Å². The molecule has 2 aromatic heterocycles. The van der Waals surface area contributed by atoms with Crippen molar-refractivity contribution in [2.45, 2.75) is 58.7 Å². The summed E-state index contributed by atoms with van der Waals surface area (Å²) >= 11 is 0. The van der Waals surface area contributed by atoms with Gasteiger partial charge in [-0.05, 0) is 40.5 Å². The van der Waals surface area contributed by atoms with Crippen molar-refractivity contribution in [2.75, 3.05) is 12.3 Å². The average molecular weight is 277 g/mol. The molecule has 0 amide bonds. The molecule has 0 spiro atoms. The van der Waals surface area contributed by atoms with E-state index in [0.29, 0.717) is 12.0 Å². The quantitative estimate of drug-likeness (QED) is 0.914. The maximum absolute atomic E-state index is 6.18. The van der Waals surface area contributed by atoms with Crippen LogP contribution in [0.1, 0.15) is 45.3 Å². The molecule has 6 heteroatoms.